The van der Waals surface area contributed by atoms with Crippen LogP contribution in [0.5, 0.6) is 0 Å². The third kappa shape index (κ3) is 3.08. The van der Waals surface area contributed by atoms with Crippen LogP contribution in [0.2, 0.25) is 0 Å². The summed E-state index contributed by atoms with van der Waals surface area (Å²) in [4.78, 5) is 1.02. The highest BCUT2D eigenvalue weighted by atomic mass is 32.1. The number of aromatic nitrogens is 1. The van der Waals surface area contributed by atoms with Crippen LogP contribution in [0.4, 0.5) is 0 Å². The molecule has 4 nitrogen and oxygen atoms in total. The van der Waals surface area contributed by atoms with Gasteiger partial charge in [0, 0.05) is 0 Å². The highest BCUT2D eigenvalue weighted by Crippen LogP contribution is 2.09. The maximum Gasteiger partial charge on any atom is 0.184 e. The number of rotatable bonds is 2. The van der Waals surface area contributed by atoms with Gasteiger partial charge in [0.15, 0.2) is 5.11 Å². The van der Waals surface area contributed by atoms with E-state index < -0.39 is 0 Å². The van der Waals surface area contributed by atoms with E-state index in [1.165, 1.54) is 11.5 Å². The first-order valence-electron chi connectivity index (χ1n) is 3.63. The first-order chi connectivity index (χ1) is 6.09. The van der Waals surface area contributed by atoms with Crippen LogP contribution >= 0.6 is 23.8 Å². The van der Waals surface area contributed by atoms with Crippen LogP contribution in [-0.2, 0) is 0 Å². The van der Waals surface area contributed by atoms with Gasteiger partial charge in [0.25, 0.3) is 0 Å². The number of nitrogens with one attached hydrogen (secondary N) is 1. The lowest BCUT2D eigenvalue weighted by molar-refractivity contribution is 1.03. The summed E-state index contributed by atoms with van der Waals surface area (Å²) in [7, 11) is 0. The van der Waals surface area contributed by atoms with Crippen LogP contribution in [0.25, 0.3) is 0 Å². The van der Waals surface area contributed by atoms with Gasteiger partial charge in [0.1, 0.15) is 0 Å². The van der Waals surface area contributed by atoms with Crippen LogP contribution in [0.1, 0.15) is 17.5 Å². The molecule has 0 aliphatic heterocycles. The van der Waals surface area contributed by atoms with Crippen molar-refractivity contribution in [3.8, 4) is 0 Å². The quantitative estimate of drug-likeness (QED) is 0.438. The monoisotopic (exact) mass is 214 g/mol. The van der Waals surface area contributed by atoms with Crippen molar-refractivity contribution >= 4 is 34.6 Å². The van der Waals surface area contributed by atoms with E-state index in [0.717, 1.165) is 16.3 Å². The molecule has 0 radical (unpaired) electrons. The Balaban J connectivity index is 2.72. The third-order valence-electron chi connectivity index (χ3n) is 1.32. The third-order valence-corrected chi connectivity index (χ3v) is 2.40. The first-order valence-corrected chi connectivity index (χ1v) is 4.81. The lowest BCUT2D eigenvalue weighted by Gasteiger charge is -1.96. The minimum absolute atomic E-state index is 0.167. The molecule has 0 aromatic carbocycles. The van der Waals surface area contributed by atoms with Gasteiger partial charge in [0.05, 0.1) is 16.3 Å². The van der Waals surface area contributed by atoms with E-state index in [0.29, 0.717) is 0 Å². The smallest absolute Gasteiger partial charge is 0.184 e. The van der Waals surface area contributed by atoms with Crippen LogP contribution in [-0.4, -0.2) is 15.2 Å². The number of nitrogens with zero attached hydrogens (tertiary/aromatic N) is 2. The maximum atomic E-state index is 5.23. The molecule has 0 aliphatic carbocycles. The van der Waals surface area contributed by atoms with Crippen molar-refractivity contribution in [1.29, 1.82) is 0 Å². The second-order valence-electron chi connectivity index (χ2n) is 2.51. The molecule has 1 heterocycles. The van der Waals surface area contributed by atoms with Crippen LogP contribution in [0.3, 0.4) is 0 Å². The summed E-state index contributed by atoms with van der Waals surface area (Å²) < 4.78 is 4.13. The minimum atomic E-state index is 0.167. The summed E-state index contributed by atoms with van der Waals surface area (Å²) in [5, 5.41) is 4.15. The fourth-order valence-electron chi connectivity index (χ4n) is 0.728. The van der Waals surface area contributed by atoms with Crippen molar-refractivity contribution in [3.05, 3.63) is 16.6 Å². The molecule has 13 heavy (non-hydrogen) atoms. The van der Waals surface area contributed by atoms with Crippen molar-refractivity contribution < 1.29 is 0 Å². The van der Waals surface area contributed by atoms with Crippen LogP contribution < -0.4 is 11.2 Å². The Kier molecular flexibility index (Phi) is 3.32. The Morgan fingerprint density at radius 3 is 2.92 bits per heavy atom. The predicted octanol–water partition coefficient (Wildman–Crippen LogP) is 1.01. The van der Waals surface area contributed by atoms with E-state index in [1.54, 1.807) is 0 Å². The number of hydrogen-bond donors (Lipinski definition) is 2. The molecular formula is C7H10N4S2. The normalized spacial score (nSPS) is 11.4. The molecule has 0 spiro atoms. The zero-order valence-corrected chi connectivity index (χ0v) is 9.00. The molecule has 0 atom stereocenters. The number of nitrogens with two attached hydrogens (primary N) is 1. The van der Waals surface area contributed by atoms with E-state index in [9.17, 15) is 0 Å². The van der Waals surface area contributed by atoms with Crippen molar-refractivity contribution in [2.45, 2.75) is 13.8 Å². The van der Waals surface area contributed by atoms with Crippen molar-refractivity contribution in [2.75, 3.05) is 0 Å². The Morgan fingerprint density at radius 2 is 2.46 bits per heavy atom. The summed E-state index contributed by atoms with van der Waals surface area (Å²) in [5.74, 6) is 0. The van der Waals surface area contributed by atoms with Gasteiger partial charge in [-0.1, -0.05) is 0 Å². The van der Waals surface area contributed by atoms with E-state index in [4.69, 9.17) is 5.73 Å². The molecule has 0 unspecified atom stereocenters. The summed E-state index contributed by atoms with van der Waals surface area (Å²) in [5.41, 5.74) is 9.58. The highest BCUT2D eigenvalue weighted by Gasteiger charge is 2.01. The molecule has 0 saturated carbocycles. The summed E-state index contributed by atoms with van der Waals surface area (Å²) in [6, 6.07) is 1.96. The lowest BCUT2D eigenvalue weighted by Crippen LogP contribution is -2.25. The molecule has 0 fully saturated rings. The molecule has 0 aliphatic rings. The highest BCUT2D eigenvalue weighted by molar-refractivity contribution is 7.80. The molecule has 1 aromatic heterocycles. The van der Waals surface area contributed by atoms with Gasteiger partial charge in [-0.15, -0.1) is 0 Å². The Morgan fingerprint density at radius 1 is 1.77 bits per heavy atom. The number of aryl methyl sites for hydroxylation is 1. The van der Waals surface area contributed by atoms with Gasteiger partial charge in [0.2, 0.25) is 0 Å². The van der Waals surface area contributed by atoms with E-state index in [1.807, 2.05) is 19.9 Å². The SMILES string of the molecule is C/C(=N\NC(N)=S)c1cc(C)ns1. The number of thiocarbonyl (C=S) groups is 1. The Bertz CT molecular complexity index is 342. The topological polar surface area (TPSA) is 63.3 Å². The Labute approximate surface area is 86.0 Å². The number of hydrazone groups is 1. The number of hydrogen-bond acceptors (Lipinski definition) is 4. The molecule has 70 valence electrons. The van der Waals surface area contributed by atoms with Gasteiger partial charge in [-0.05, 0) is 43.7 Å². The molecular weight excluding hydrogens is 204 g/mol. The van der Waals surface area contributed by atoms with Crippen LogP contribution in [0, 0.1) is 6.92 Å². The second-order valence-corrected chi connectivity index (χ2v) is 3.75. The fraction of sp³-hybridized carbons (Fsp3) is 0.286. The van der Waals surface area contributed by atoms with Crippen molar-refractivity contribution in [2.24, 2.45) is 10.8 Å². The molecule has 0 bridgehead atoms. The summed E-state index contributed by atoms with van der Waals surface area (Å²) >= 11 is 6.02. The zero-order valence-electron chi connectivity index (χ0n) is 7.37. The van der Waals surface area contributed by atoms with E-state index in [2.05, 4.69) is 27.1 Å². The second kappa shape index (κ2) is 4.29. The average molecular weight is 214 g/mol. The minimum Gasteiger partial charge on any atom is -0.375 e. The lowest BCUT2D eigenvalue weighted by atomic mass is 10.3. The van der Waals surface area contributed by atoms with Gasteiger partial charge in [-0.25, -0.2) is 0 Å². The molecule has 3 N–H and O–H groups in total. The summed E-state index contributed by atoms with van der Waals surface area (Å²) in [6.45, 7) is 3.81. The fourth-order valence-corrected chi connectivity index (χ4v) is 1.47. The zero-order chi connectivity index (χ0) is 9.84. The van der Waals surface area contributed by atoms with Crippen LogP contribution in [0.15, 0.2) is 11.2 Å². The average Bonchev–Trinajstić information content (AvgIpc) is 2.47. The van der Waals surface area contributed by atoms with Crippen molar-refractivity contribution in [1.82, 2.24) is 9.80 Å². The van der Waals surface area contributed by atoms with Gasteiger partial charge in [-0.2, -0.15) is 9.47 Å². The standard InChI is InChI=1S/C7H10N4S2/c1-4-3-6(13-11-4)5(2)9-10-7(8)12/h3H,1-2H3,(H3,8,10,12)/b9-5+. The van der Waals surface area contributed by atoms with E-state index in [-0.39, 0.29) is 5.11 Å². The van der Waals surface area contributed by atoms with Crippen molar-refractivity contribution in [3.63, 3.8) is 0 Å². The van der Waals surface area contributed by atoms with Gasteiger partial charge in [-0.3, -0.25) is 5.43 Å². The molecule has 6 heteroatoms. The van der Waals surface area contributed by atoms with Gasteiger partial charge < -0.3 is 5.73 Å². The molecule has 0 amide bonds. The largest absolute Gasteiger partial charge is 0.375 e. The first kappa shape index (κ1) is 10.1. The summed E-state index contributed by atoms with van der Waals surface area (Å²) in [6.07, 6.45) is 0. The van der Waals surface area contributed by atoms with E-state index >= 15 is 0 Å². The molecule has 0 saturated heterocycles. The molecule has 1 aromatic rings. The van der Waals surface area contributed by atoms with Gasteiger partial charge >= 0.3 is 0 Å². The Hall–Kier alpha value is -1.01. The molecule has 1 rings (SSSR count). The predicted molar refractivity (Wildman–Crippen MR) is 59.0 cm³/mol. The maximum absolute atomic E-state index is 5.23.